The highest BCUT2D eigenvalue weighted by atomic mass is 16.5. The maximum Gasteiger partial charge on any atom is 0.265 e. The molecule has 2 aromatic carbocycles. The number of hydrogen-bond donors (Lipinski definition) is 1. The summed E-state index contributed by atoms with van der Waals surface area (Å²) in [6.45, 7) is 7.82. The first-order valence-electron chi connectivity index (χ1n) is 8.79. The van der Waals surface area contributed by atoms with Crippen LogP contribution >= 0.6 is 0 Å². The number of benzene rings is 2. The molecule has 1 atom stereocenters. The molecule has 0 aliphatic rings. The largest absolute Gasteiger partial charge is 0.497 e. The molecule has 1 unspecified atom stereocenters. The Morgan fingerprint density at radius 3 is 2.41 bits per heavy atom. The number of carbonyl (C=O) groups excluding carboxylic acids is 1. The molecule has 3 aromatic rings. The second-order valence-electron chi connectivity index (χ2n) is 7.38. The smallest absolute Gasteiger partial charge is 0.265 e. The summed E-state index contributed by atoms with van der Waals surface area (Å²) in [6, 6.07) is 12.5. The molecule has 0 bridgehead atoms. The molecule has 0 radical (unpaired) electrons. The highest BCUT2D eigenvalue weighted by Gasteiger charge is 2.21. The highest BCUT2D eigenvalue weighted by Crippen LogP contribution is 2.27. The van der Waals surface area contributed by atoms with Crippen LogP contribution < -0.4 is 14.8 Å². The maximum absolute atomic E-state index is 12.4. The molecule has 6 nitrogen and oxygen atoms in total. The fourth-order valence-electron chi connectivity index (χ4n) is 2.48. The lowest BCUT2D eigenvalue weighted by atomic mass is 9.97. The van der Waals surface area contributed by atoms with Gasteiger partial charge in [-0.1, -0.05) is 20.8 Å². The van der Waals surface area contributed by atoms with Crippen molar-refractivity contribution in [3.05, 3.63) is 48.4 Å². The number of amides is 1. The molecule has 0 fully saturated rings. The quantitative estimate of drug-likeness (QED) is 0.716. The van der Waals surface area contributed by atoms with E-state index in [1.165, 1.54) is 0 Å². The van der Waals surface area contributed by atoms with Gasteiger partial charge in [-0.05, 0) is 49.4 Å². The van der Waals surface area contributed by atoms with E-state index in [0.29, 0.717) is 28.4 Å². The average molecular weight is 368 g/mol. The Morgan fingerprint density at radius 1 is 1.11 bits per heavy atom. The van der Waals surface area contributed by atoms with Gasteiger partial charge in [-0.25, -0.2) is 4.98 Å². The third-order valence-electron chi connectivity index (χ3n) is 4.04. The lowest BCUT2D eigenvalue weighted by Crippen LogP contribution is -2.30. The Hall–Kier alpha value is -3.02. The maximum atomic E-state index is 12.4. The minimum atomic E-state index is -0.656. The van der Waals surface area contributed by atoms with Crippen molar-refractivity contribution >= 4 is 22.7 Å². The molecular formula is C21H24N2O4. The third-order valence-corrected chi connectivity index (χ3v) is 4.04. The zero-order valence-corrected chi connectivity index (χ0v) is 16.2. The number of oxazole rings is 1. The number of methoxy groups -OCH3 is 1. The van der Waals surface area contributed by atoms with Crippen molar-refractivity contribution in [3.63, 3.8) is 0 Å². The summed E-state index contributed by atoms with van der Waals surface area (Å²) in [4.78, 5) is 17.0. The van der Waals surface area contributed by atoms with E-state index in [4.69, 9.17) is 13.9 Å². The summed E-state index contributed by atoms with van der Waals surface area (Å²) in [5.41, 5.74) is 1.87. The molecule has 0 saturated heterocycles. The van der Waals surface area contributed by atoms with E-state index in [0.717, 1.165) is 5.75 Å². The van der Waals surface area contributed by atoms with Crippen LogP contribution in [-0.2, 0) is 10.2 Å². The van der Waals surface area contributed by atoms with Gasteiger partial charge >= 0.3 is 0 Å². The van der Waals surface area contributed by atoms with E-state index in [1.54, 1.807) is 50.4 Å². The topological polar surface area (TPSA) is 73.6 Å². The molecule has 0 aliphatic heterocycles. The Kier molecular flexibility index (Phi) is 5.08. The summed E-state index contributed by atoms with van der Waals surface area (Å²) < 4.78 is 16.6. The average Bonchev–Trinajstić information content (AvgIpc) is 3.06. The standard InChI is InChI=1S/C21H24N2O4/c1-13(26-16-9-7-15(25-5)8-10-16)19(24)22-14-6-11-18-17(12-14)23-20(27-18)21(2,3)4/h6-13H,1-5H3,(H,22,24). The van der Waals surface area contributed by atoms with Crippen molar-refractivity contribution in [2.24, 2.45) is 0 Å². The Balaban J connectivity index is 1.68. The van der Waals surface area contributed by atoms with Crippen LogP contribution in [0.5, 0.6) is 11.5 Å². The van der Waals surface area contributed by atoms with E-state index in [9.17, 15) is 4.79 Å². The molecule has 1 heterocycles. The molecule has 0 saturated carbocycles. The molecule has 6 heteroatoms. The summed E-state index contributed by atoms with van der Waals surface area (Å²) in [7, 11) is 1.60. The molecule has 3 rings (SSSR count). The van der Waals surface area contributed by atoms with E-state index >= 15 is 0 Å². The normalized spacial score (nSPS) is 12.6. The SMILES string of the molecule is COc1ccc(OC(C)C(=O)Nc2ccc3oc(C(C)(C)C)nc3c2)cc1. The summed E-state index contributed by atoms with van der Waals surface area (Å²) in [5, 5.41) is 2.85. The second kappa shape index (κ2) is 7.31. The number of fused-ring (bicyclic) bond motifs is 1. The van der Waals surface area contributed by atoms with Crippen molar-refractivity contribution in [2.75, 3.05) is 12.4 Å². The molecule has 142 valence electrons. The zero-order valence-electron chi connectivity index (χ0n) is 16.2. The first kappa shape index (κ1) is 18.8. The molecular weight excluding hydrogens is 344 g/mol. The van der Waals surface area contributed by atoms with Gasteiger partial charge in [-0.2, -0.15) is 0 Å². The first-order chi connectivity index (χ1) is 12.8. The zero-order chi connectivity index (χ0) is 19.6. The Bertz CT molecular complexity index is 939. The van der Waals surface area contributed by atoms with E-state index < -0.39 is 6.10 Å². The van der Waals surface area contributed by atoms with Gasteiger partial charge in [0, 0.05) is 11.1 Å². The predicted molar refractivity (Wildman–Crippen MR) is 104 cm³/mol. The fourth-order valence-corrected chi connectivity index (χ4v) is 2.48. The minimum Gasteiger partial charge on any atom is -0.497 e. The lowest BCUT2D eigenvalue weighted by molar-refractivity contribution is -0.122. The minimum absolute atomic E-state index is 0.177. The van der Waals surface area contributed by atoms with Crippen LogP contribution in [0.3, 0.4) is 0 Å². The summed E-state index contributed by atoms with van der Waals surface area (Å²) in [5.74, 6) is 1.75. The fraction of sp³-hybridized carbons (Fsp3) is 0.333. The van der Waals surface area contributed by atoms with E-state index in [1.807, 2.05) is 26.8 Å². The predicted octanol–water partition coefficient (Wildman–Crippen LogP) is 4.54. The van der Waals surface area contributed by atoms with Gasteiger partial charge in [0.1, 0.15) is 17.0 Å². The van der Waals surface area contributed by atoms with Gasteiger partial charge in [0.2, 0.25) is 5.89 Å². The van der Waals surface area contributed by atoms with Gasteiger partial charge in [0.05, 0.1) is 7.11 Å². The van der Waals surface area contributed by atoms with Crippen molar-refractivity contribution in [3.8, 4) is 11.5 Å². The van der Waals surface area contributed by atoms with Gasteiger partial charge in [-0.15, -0.1) is 0 Å². The lowest BCUT2D eigenvalue weighted by Gasteiger charge is -2.15. The van der Waals surface area contributed by atoms with Crippen molar-refractivity contribution in [1.29, 1.82) is 0 Å². The third kappa shape index (κ3) is 4.39. The molecule has 27 heavy (non-hydrogen) atoms. The van der Waals surface area contributed by atoms with Gasteiger partial charge < -0.3 is 19.2 Å². The molecule has 0 aliphatic carbocycles. The van der Waals surface area contributed by atoms with Crippen molar-refractivity contribution in [1.82, 2.24) is 4.98 Å². The van der Waals surface area contributed by atoms with Crippen LogP contribution in [0.4, 0.5) is 5.69 Å². The second-order valence-corrected chi connectivity index (χ2v) is 7.38. The number of carbonyl (C=O) groups is 1. The summed E-state index contributed by atoms with van der Waals surface area (Å²) in [6.07, 6.45) is -0.656. The monoisotopic (exact) mass is 368 g/mol. The highest BCUT2D eigenvalue weighted by molar-refractivity contribution is 5.95. The Labute approximate surface area is 158 Å². The van der Waals surface area contributed by atoms with Crippen LogP contribution in [0, 0.1) is 0 Å². The van der Waals surface area contributed by atoms with Crippen molar-refractivity contribution in [2.45, 2.75) is 39.2 Å². The number of nitrogens with zero attached hydrogens (tertiary/aromatic N) is 1. The van der Waals surface area contributed by atoms with Crippen molar-refractivity contribution < 1.29 is 18.7 Å². The Morgan fingerprint density at radius 2 is 1.78 bits per heavy atom. The van der Waals surface area contributed by atoms with Crippen LogP contribution in [-0.4, -0.2) is 24.1 Å². The van der Waals surface area contributed by atoms with Gasteiger partial charge in [0.15, 0.2) is 11.7 Å². The number of nitrogens with one attached hydrogen (secondary N) is 1. The number of ether oxygens (including phenoxy) is 2. The molecule has 0 spiro atoms. The molecule has 1 N–H and O–H groups in total. The number of rotatable bonds is 5. The van der Waals surface area contributed by atoms with E-state index in [2.05, 4.69) is 10.3 Å². The van der Waals surface area contributed by atoms with Crippen LogP contribution in [0.1, 0.15) is 33.6 Å². The van der Waals surface area contributed by atoms with Crippen LogP contribution in [0.15, 0.2) is 46.9 Å². The van der Waals surface area contributed by atoms with Crippen LogP contribution in [0.2, 0.25) is 0 Å². The first-order valence-corrected chi connectivity index (χ1v) is 8.79. The van der Waals surface area contributed by atoms with E-state index in [-0.39, 0.29) is 11.3 Å². The molecule has 1 amide bonds. The van der Waals surface area contributed by atoms with Gasteiger partial charge in [0.25, 0.3) is 5.91 Å². The summed E-state index contributed by atoms with van der Waals surface area (Å²) >= 11 is 0. The number of anilines is 1. The number of hydrogen-bond acceptors (Lipinski definition) is 5. The number of aromatic nitrogens is 1. The van der Waals surface area contributed by atoms with Gasteiger partial charge in [-0.3, -0.25) is 4.79 Å². The molecule has 1 aromatic heterocycles. The van der Waals surface area contributed by atoms with Crippen LogP contribution in [0.25, 0.3) is 11.1 Å².